The van der Waals surface area contributed by atoms with Gasteiger partial charge in [-0.05, 0) is 26.0 Å². The second-order valence-corrected chi connectivity index (χ2v) is 4.68. The molecule has 1 heterocycles. The molecule has 104 valence electrons. The van der Waals surface area contributed by atoms with E-state index < -0.39 is 0 Å². The highest BCUT2D eigenvalue weighted by molar-refractivity contribution is 5.97. The summed E-state index contributed by atoms with van der Waals surface area (Å²) < 4.78 is 1.92. The summed E-state index contributed by atoms with van der Waals surface area (Å²) in [5.74, 6) is -0.361. The quantitative estimate of drug-likeness (QED) is 0.866. The molecule has 2 rings (SSSR count). The van der Waals surface area contributed by atoms with E-state index in [1.165, 1.54) is 0 Å². The lowest BCUT2D eigenvalue weighted by molar-refractivity contribution is 0.0956. The molecule has 4 nitrogen and oxygen atoms in total. The third kappa shape index (κ3) is 2.50. The number of pyridine rings is 1. The van der Waals surface area contributed by atoms with Crippen molar-refractivity contribution in [2.45, 2.75) is 20.4 Å². The number of carbonyl (C=O) groups is 1. The average molecular weight is 270 g/mol. The van der Waals surface area contributed by atoms with Crippen LogP contribution in [0, 0.1) is 6.92 Å². The van der Waals surface area contributed by atoms with Crippen molar-refractivity contribution in [2.75, 3.05) is 6.54 Å². The third-order valence-electron chi connectivity index (χ3n) is 3.23. The van der Waals surface area contributed by atoms with Crippen LogP contribution in [-0.2, 0) is 6.54 Å². The molecular formula is C16H18N2O2. The first-order valence-electron chi connectivity index (χ1n) is 6.61. The van der Waals surface area contributed by atoms with Gasteiger partial charge in [0.15, 0.2) is 0 Å². The van der Waals surface area contributed by atoms with Gasteiger partial charge >= 0.3 is 0 Å². The van der Waals surface area contributed by atoms with Crippen molar-refractivity contribution in [1.82, 2.24) is 9.88 Å². The summed E-state index contributed by atoms with van der Waals surface area (Å²) in [7, 11) is 0. The number of benzene rings is 1. The SMILES string of the molecule is C=CCNC(=O)c1cn(CC)c2ccc(C)cc2c1=O. The number of aromatic nitrogens is 1. The highest BCUT2D eigenvalue weighted by Crippen LogP contribution is 2.14. The van der Waals surface area contributed by atoms with Gasteiger partial charge in [0.1, 0.15) is 5.56 Å². The molecule has 0 radical (unpaired) electrons. The summed E-state index contributed by atoms with van der Waals surface area (Å²) in [5, 5.41) is 3.23. The molecule has 0 fully saturated rings. The molecular weight excluding hydrogens is 252 g/mol. The van der Waals surface area contributed by atoms with Crippen molar-refractivity contribution < 1.29 is 4.79 Å². The number of nitrogens with zero attached hydrogens (tertiary/aromatic N) is 1. The largest absolute Gasteiger partial charge is 0.348 e. The first-order chi connectivity index (χ1) is 9.58. The highest BCUT2D eigenvalue weighted by Gasteiger charge is 2.14. The fourth-order valence-corrected chi connectivity index (χ4v) is 2.19. The van der Waals surface area contributed by atoms with Crippen LogP contribution < -0.4 is 10.7 Å². The van der Waals surface area contributed by atoms with E-state index in [-0.39, 0.29) is 16.9 Å². The van der Waals surface area contributed by atoms with Gasteiger partial charge in [0.05, 0.1) is 5.52 Å². The van der Waals surface area contributed by atoms with Gasteiger partial charge in [-0.15, -0.1) is 6.58 Å². The molecule has 1 amide bonds. The van der Waals surface area contributed by atoms with Crippen molar-refractivity contribution >= 4 is 16.8 Å². The summed E-state index contributed by atoms with van der Waals surface area (Å²) >= 11 is 0. The third-order valence-corrected chi connectivity index (χ3v) is 3.23. The Bertz CT molecular complexity index is 729. The van der Waals surface area contributed by atoms with Crippen molar-refractivity contribution in [3.8, 4) is 0 Å². The van der Waals surface area contributed by atoms with E-state index in [2.05, 4.69) is 11.9 Å². The normalized spacial score (nSPS) is 10.5. The predicted molar refractivity (Wildman–Crippen MR) is 81.1 cm³/mol. The molecule has 0 aliphatic carbocycles. The van der Waals surface area contributed by atoms with Crippen molar-refractivity contribution in [1.29, 1.82) is 0 Å². The van der Waals surface area contributed by atoms with E-state index in [0.717, 1.165) is 11.1 Å². The van der Waals surface area contributed by atoms with E-state index in [9.17, 15) is 9.59 Å². The molecule has 0 aliphatic rings. The smallest absolute Gasteiger partial charge is 0.257 e. The molecule has 1 aromatic heterocycles. The van der Waals surface area contributed by atoms with E-state index in [1.807, 2.05) is 36.6 Å². The molecule has 0 atom stereocenters. The number of nitrogens with one attached hydrogen (secondary N) is 1. The minimum atomic E-state index is -0.361. The van der Waals surface area contributed by atoms with Crippen LogP contribution in [0.4, 0.5) is 0 Å². The van der Waals surface area contributed by atoms with Crippen molar-refractivity contribution in [3.05, 3.63) is 58.4 Å². The van der Waals surface area contributed by atoms with E-state index in [4.69, 9.17) is 0 Å². The zero-order valence-corrected chi connectivity index (χ0v) is 11.8. The second-order valence-electron chi connectivity index (χ2n) is 4.68. The number of hydrogen-bond acceptors (Lipinski definition) is 2. The Morgan fingerprint density at radius 3 is 2.85 bits per heavy atom. The molecule has 1 aromatic carbocycles. The monoisotopic (exact) mass is 270 g/mol. The van der Waals surface area contributed by atoms with Gasteiger partial charge in [0, 0.05) is 24.7 Å². The Morgan fingerprint density at radius 1 is 1.45 bits per heavy atom. The van der Waals surface area contributed by atoms with E-state index in [0.29, 0.717) is 18.5 Å². The summed E-state index contributed by atoms with van der Waals surface area (Å²) in [6.07, 6.45) is 3.21. The Balaban J connectivity index is 2.67. The van der Waals surface area contributed by atoms with Gasteiger partial charge in [0.25, 0.3) is 5.91 Å². The maximum absolute atomic E-state index is 12.5. The van der Waals surface area contributed by atoms with Gasteiger partial charge in [-0.1, -0.05) is 17.7 Å². The summed E-state index contributed by atoms with van der Waals surface area (Å²) in [4.78, 5) is 24.5. The average Bonchev–Trinajstić information content (AvgIpc) is 2.45. The minimum Gasteiger partial charge on any atom is -0.348 e. The maximum Gasteiger partial charge on any atom is 0.257 e. The van der Waals surface area contributed by atoms with Crippen molar-refractivity contribution in [3.63, 3.8) is 0 Å². The predicted octanol–water partition coefficient (Wildman–Crippen LogP) is 2.25. The van der Waals surface area contributed by atoms with Gasteiger partial charge in [0.2, 0.25) is 5.43 Å². The topological polar surface area (TPSA) is 51.1 Å². The Hall–Kier alpha value is -2.36. The fraction of sp³-hybridized carbons (Fsp3) is 0.250. The molecule has 0 aliphatic heterocycles. The summed E-state index contributed by atoms with van der Waals surface area (Å²) in [5.41, 5.74) is 1.80. The molecule has 0 saturated carbocycles. The summed E-state index contributed by atoms with van der Waals surface area (Å²) in [6, 6.07) is 5.71. The minimum absolute atomic E-state index is 0.173. The van der Waals surface area contributed by atoms with Crippen LogP contribution in [0.25, 0.3) is 10.9 Å². The van der Waals surface area contributed by atoms with Crippen molar-refractivity contribution in [2.24, 2.45) is 0 Å². The van der Waals surface area contributed by atoms with Gasteiger partial charge in [-0.25, -0.2) is 0 Å². The van der Waals surface area contributed by atoms with Crippen LogP contribution >= 0.6 is 0 Å². The number of fused-ring (bicyclic) bond motifs is 1. The van der Waals surface area contributed by atoms with Crippen LogP contribution in [0.2, 0.25) is 0 Å². The lowest BCUT2D eigenvalue weighted by atomic mass is 10.1. The standard InChI is InChI=1S/C16H18N2O2/c1-4-8-17-16(20)13-10-18(5-2)14-7-6-11(3)9-12(14)15(13)19/h4,6-7,9-10H,1,5,8H2,2-3H3,(H,17,20). The lowest BCUT2D eigenvalue weighted by Gasteiger charge is -2.12. The molecule has 2 aromatic rings. The molecule has 0 saturated heterocycles. The first kappa shape index (κ1) is 14.1. The molecule has 4 heteroatoms. The Labute approximate surface area is 117 Å². The number of aryl methyl sites for hydroxylation is 2. The zero-order valence-electron chi connectivity index (χ0n) is 11.8. The number of carbonyl (C=O) groups excluding carboxylic acids is 1. The lowest BCUT2D eigenvalue weighted by Crippen LogP contribution is -2.29. The van der Waals surface area contributed by atoms with Gasteiger partial charge in [-0.2, -0.15) is 0 Å². The molecule has 20 heavy (non-hydrogen) atoms. The van der Waals surface area contributed by atoms with Crippen LogP contribution in [-0.4, -0.2) is 17.0 Å². The highest BCUT2D eigenvalue weighted by atomic mass is 16.2. The van der Waals surface area contributed by atoms with Crippen LogP contribution in [0.1, 0.15) is 22.8 Å². The van der Waals surface area contributed by atoms with Crippen LogP contribution in [0.3, 0.4) is 0 Å². The van der Waals surface area contributed by atoms with E-state index >= 15 is 0 Å². The number of rotatable bonds is 4. The Morgan fingerprint density at radius 2 is 2.20 bits per heavy atom. The van der Waals surface area contributed by atoms with Gasteiger partial charge < -0.3 is 9.88 Å². The molecule has 0 spiro atoms. The Kier molecular flexibility index (Phi) is 4.03. The van der Waals surface area contributed by atoms with Crippen LogP contribution in [0.5, 0.6) is 0 Å². The second kappa shape index (κ2) is 5.74. The first-order valence-corrected chi connectivity index (χ1v) is 6.61. The molecule has 0 unspecified atom stereocenters. The number of amides is 1. The fourth-order valence-electron chi connectivity index (χ4n) is 2.19. The molecule has 0 bridgehead atoms. The summed E-state index contributed by atoms with van der Waals surface area (Å²) in [6.45, 7) is 8.50. The zero-order chi connectivity index (χ0) is 14.7. The van der Waals surface area contributed by atoms with E-state index in [1.54, 1.807) is 12.3 Å². The van der Waals surface area contributed by atoms with Gasteiger partial charge in [-0.3, -0.25) is 9.59 Å². The maximum atomic E-state index is 12.5. The molecule has 1 N–H and O–H groups in total. The number of hydrogen-bond donors (Lipinski definition) is 1. The van der Waals surface area contributed by atoms with Crippen LogP contribution in [0.15, 0.2) is 41.8 Å².